The van der Waals surface area contributed by atoms with Crippen LogP contribution < -0.4 is 10.0 Å². The highest BCUT2D eigenvalue weighted by Gasteiger charge is 2.20. The van der Waals surface area contributed by atoms with Crippen molar-refractivity contribution in [1.29, 1.82) is 0 Å². The Hall–Kier alpha value is -1.67. The SMILES string of the molecule is CNc1ncc(Br)cc1S(=O)(=O)Nc1ccc(C)nc1. The molecule has 0 aliphatic heterocycles. The van der Waals surface area contributed by atoms with Crippen LogP contribution in [-0.2, 0) is 10.0 Å². The van der Waals surface area contributed by atoms with E-state index in [0.717, 1.165) is 5.69 Å². The molecule has 2 rings (SSSR count). The van der Waals surface area contributed by atoms with Crippen LogP contribution in [0.2, 0.25) is 0 Å². The standard InChI is InChI=1S/C12H13BrN4O2S/c1-8-3-4-10(7-15-8)17-20(18,19)11-5-9(13)6-16-12(11)14-2/h3-7,17H,1-2H3,(H,14,16). The van der Waals surface area contributed by atoms with E-state index in [1.807, 2.05) is 6.92 Å². The van der Waals surface area contributed by atoms with Crippen LogP contribution in [0.3, 0.4) is 0 Å². The van der Waals surface area contributed by atoms with E-state index in [1.54, 1.807) is 19.2 Å². The van der Waals surface area contributed by atoms with E-state index in [4.69, 9.17) is 0 Å². The van der Waals surface area contributed by atoms with E-state index in [2.05, 4.69) is 35.9 Å². The van der Waals surface area contributed by atoms with Gasteiger partial charge in [-0.2, -0.15) is 0 Å². The lowest BCUT2D eigenvalue weighted by Crippen LogP contribution is -2.15. The predicted molar refractivity (Wildman–Crippen MR) is 81.3 cm³/mol. The fourth-order valence-corrected chi connectivity index (χ4v) is 3.27. The van der Waals surface area contributed by atoms with Gasteiger partial charge in [0.2, 0.25) is 0 Å². The van der Waals surface area contributed by atoms with Crippen molar-refractivity contribution < 1.29 is 8.42 Å². The molecule has 106 valence electrons. The van der Waals surface area contributed by atoms with Crippen molar-refractivity contribution in [2.45, 2.75) is 11.8 Å². The number of sulfonamides is 1. The molecule has 0 unspecified atom stereocenters. The Balaban J connectivity index is 2.40. The predicted octanol–water partition coefficient (Wildman–Crippen LogP) is 2.39. The zero-order valence-corrected chi connectivity index (χ0v) is 13.3. The molecule has 20 heavy (non-hydrogen) atoms. The zero-order valence-electron chi connectivity index (χ0n) is 10.9. The molecule has 0 fully saturated rings. The molecular weight excluding hydrogens is 344 g/mol. The number of hydrogen-bond acceptors (Lipinski definition) is 5. The molecule has 8 heteroatoms. The number of anilines is 2. The van der Waals surface area contributed by atoms with E-state index in [0.29, 0.717) is 10.2 Å². The van der Waals surface area contributed by atoms with Gasteiger partial charge >= 0.3 is 0 Å². The molecule has 0 aliphatic carbocycles. The molecule has 0 aliphatic rings. The molecule has 2 aromatic rings. The summed E-state index contributed by atoms with van der Waals surface area (Å²) in [6.07, 6.45) is 3.00. The first-order valence-electron chi connectivity index (χ1n) is 5.71. The van der Waals surface area contributed by atoms with E-state index in [9.17, 15) is 8.42 Å². The van der Waals surface area contributed by atoms with Crippen molar-refractivity contribution in [2.24, 2.45) is 0 Å². The van der Waals surface area contributed by atoms with Crippen LogP contribution in [-0.4, -0.2) is 25.4 Å². The lowest BCUT2D eigenvalue weighted by Gasteiger charge is -2.11. The van der Waals surface area contributed by atoms with Crippen molar-refractivity contribution in [2.75, 3.05) is 17.1 Å². The fraction of sp³-hybridized carbons (Fsp3) is 0.167. The summed E-state index contributed by atoms with van der Waals surface area (Å²) in [6.45, 7) is 1.83. The van der Waals surface area contributed by atoms with E-state index >= 15 is 0 Å². The van der Waals surface area contributed by atoms with Crippen molar-refractivity contribution in [1.82, 2.24) is 9.97 Å². The van der Waals surface area contributed by atoms with Crippen LogP contribution in [0.4, 0.5) is 11.5 Å². The number of halogens is 1. The number of hydrogen-bond donors (Lipinski definition) is 2. The van der Waals surface area contributed by atoms with Gasteiger partial charge in [0, 0.05) is 23.4 Å². The first-order valence-corrected chi connectivity index (χ1v) is 7.99. The average molecular weight is 357 g/mol. The van der Waals surface area contributed by atoms with Crippen LogP contribution in [0.15, 0.2) is 40.0 Å². The Bertz CT molecular complexity index is 717. The monoisotopic (exact) mass is 356 g/mol. The molecule has 0 spiro atoms. The highest BCUT2D eigenvalue weighted by molar-refractivity contribution is 9.10. The molecule has 2 aromatic heterocycles. The largest absolute Gasteiger partial charge is 0.372 e. The quantitative estimate of drug-likeness (QED) is 0.878. The third kappa shape index (κ3) is 3.26. The molecule has 0 aromatic carbocycles. The Labute approximate surface area is 125 Å². The highest BCUT2D eigenvalue weighted by atomic mass is 79.9. The number of rotatable bonds is 4. The number of aryl methyl sites for hydroxylation is 1. The second-order valence-electron chi connectivity index (χ2n) is 4.04. The lowest BCUT2D eigenvalue weighted by molar-refractivity contribution is 0.601. The van der Waals surface area contributed by atoms with Crippen LogP contribution in [0, 0.1) is 6.92 Å². The summed E-state index contributed by atoms with van der Waals surface area (Å²) in [7, 11) is -2.12. The summed E-state index contributed by atoms with van der Waals surface area (Å²) in [5.74, 6) is 0.278. The second-order valence-corrected chi connectivity index (χ2v) is 6.61. The Kier molecular flexibility index (Phi) is 4.24. The van der Waals surface area contributed by atoms with Crippen molar-refractivity contribution in [3.05, 3.63) is 40.8 Å². The van der Waals surface area contributed by atoms with Gasteiger partial charge in [0.1, 0.15) is 10.7 Å². The zero-order chi connectivity index (χ0) is 14.8. The van der Waals surface area contributed by atoms with Gasteiger partial charge in [-0.15, -0.1) is 0 Å². The third-order valence-electron chi connectivity index (χ3n) is 2.51. The third-order valence-corrected chi connectivity index (χ3v) is 4.34. The molecule has 0 radical (unpaired) electrons. The van der Waals surface area contributed by atoms with Crippen LogP contribution >= 0.6 is 15.9 Å². The van der Waals surface area contributed by atoms with Crippen molar-refractivity contribution >= 4 is 37.5 Å². The van der Waals surface area contributed by atoms with Gasteiger partial charge in [-0.05, 0) is 41.1 Å². The van der Waals surface area contributed by atoms with Gasteiger partial charge < -0.3 is 5.32 Å². The molecule has 0 atom stereocenters. The second kappa shape index (κ2) is 5.76. The molecule has 2 heterocycles. The molecule has 0 saturated heterocycles. The summed E-state index contributed by atoms with van der Waals surface area (Å²) in [5.41, 5.74) is 1.21. The van der Waals surface area contributed by atoms with E-state index in [-0.39, 0.29) is 10.7 Å². The van der Waals surface area contributed by atoms with Gasteiger partial charge in [-0.3, -0.25) is 9.71 Å². The minimum absolute atomic E-state index is 0.0648. The lowest BCUT2D eigenvalue weighted by atomic mass is 10.4. The molecule has 2 N–H and O–H groups in total. The maximum Gasteiger partial charge on any atom is 0.265 e. The average Bonchev–Trinajstić information content (AvgIpc) is 2.41. The first-order chi connectivity index (χ1) is 9.42. The van der Waals surface area contributed by atoms with Crippen LogP contribution in [0.25, 0.3) is 0 Å². The minimum atomic E-state index is -3.74. The molecular formula is C12H13BrN4O2S. The van der Waals surface area contributed by atoms with Gasteiger partial charge in [-0.25, -0.2) is 13.4 Å². The minimum Gasteiger partial charge on any atom is -0.372 e. The van der Waals surface area contributed by atoms with E-state index < -0.39 is 10.0 Å². The first kappa shape index (κ1) is 14.7. The summed E-state index contributed by atoms with van der Waals surface area (Å²) in [6, 6.07) is 4.88. The number of aromatic nitrogens is 2. The maximum atomic E-state index is 12.4. The molecule has 6 nitrogen and oxygen atoms in total. The summed E-state index contributed by atoms with van der Waals surface area (Å²) in [5, 5.41) is 2.76. The Morgan fingerprint density at radius 3 is 2.55 bits per heavy atom. The van der Waals surface area contributed by atoms with Crippen molar-refractivity contribution in [3.63, 3.8) is 0 Å². The van der Waals surface area contributed by atoms with Gasteiger partial charge in [0.25, 0.3) is 10.0 Å². The van der Waals surface area contributed by atoms with Crippen LogP contribution in [0.1, 0.15) is 5.69 Å². The van der Waals surface area contributed by atoms with Crippen molar-refractivity contribution in [3.8, 4) is 0 Å². The van der Waals surface area contributed by atoms with E-state index in [1.165, 1.54) is 18.5 Å². The topological polar surface area (TPSA) is 84.0 Å². The number of nitrogens with one attached hydrogen (secondary N) is 2. The Morgan fingerprint density at radius 2 is 1.95 bits per heavy atom. The summed E-state index contributed by atoms with van der Waals surface area (Å²) in [4.78, 5) is 8.14. The maximum absolute atomic E-state index is 12.4. The summed E-state index contributed by atoms with van der Waals surface area (Å²) >= 11 is 3.22. The molecule has 0 amide bonds. The fourth-order valence-electron chi connectivity index (χ4n) is 1.55. The normalized spacial score (nSPS) is 11.2. The smallest absolute Gasteiger partial charge is 0.265 e. The number of nitrogens with zero attached hydrogens (tertiary/aromatic N) is 2. The van der Waals surface area contributed by atoms with Gasteiger partial charge in [-0.1, -0.05) is 0 Å². The summed E-state index contributed by atoms with van der Waals surface area (Å²) < 4.78 is 27.8. The highest BCUT2D eigenvalue weighted by Crippen LogP contribution is 2.24. The molecule has 0 bridgehead atoms. The Morgan fingerprint density at radius 1 is 1.20 bits per heavy atom. The molecule has 0 saturated carbocycles. The van der Waals surface area contributed by atoms with Gasteiger partial charge in [0.15, 0.2) is 0 Å². The van der Waals surface area contributed by atoms with Gasteiger partial charge in [0.05, 0.1) is 11.9 Å². The number of pyridine rings is 2. The van der Waals surface area contributed by atoms with Crippen LogP contribution in [0.5, 0.6) is 0 Å².